The number of benzene rings is 1. The number of rotatable bonds is 19. The molecule has 0 bridgehead atoms. The Labute approximate surface area is 204 Å². The standard InChI is InChI=1S/C26H41N3O3S/c1-4-25(13-6-5-11-24-12-9-10-22(2)18-24)29(21-30)14-17-33-16-8-7-15-32-26(31)20-28-23(3)19-27/h6,9-10,12-13,18,21,25,28H,3-5,7-8,11,14-17,19-20,27H2,1-2H3/b13-6+. The van der Waals surface area contributed by atoms with Gasteiger partial charge in [0.25, 0.3) is 0 Å². The van der Waals surface area contributed by atoms with Crippen molar-refractivity contribution in [3.8, 4) is 0 Å². The third-order valence-corrected chi connectivity index (χ3v) is 6.24. The van der Waals surface area contributed by atoms with Gasteiger partial charge in [-0.3, -0.25) is 9.59 Å². The van der Waals surface area contributed by atoms with E-state index in [1.54, 1.807) is 0 Å². The fourth-order valence-corrected chi connectivity index (χ4v) is 4.19. The van der Waals surface area contributed by atoms with Gasteiger partial charge in [-0.05, 0) is 50.3 Å². The molecule has 1 amide bonds. The van der Waals surface area contributed by atoms with Crippen LogP contribution < -0.4 is 11.1 Å². The van der Waals surface area contributed by atoms with Crippen LogP contribution in [0, 0.1) is 6.92 Å². The van der Waals surface area contributed by atoms with E-state index in [-0.39, 0.29) is 18.6 Å². The first-order valence-electron chi connectivity index (χ1n) is 11.8. The number of hydrogen-bond acceptors (Lipinski definition) is 6. The predicted octanol–water partition coefficient (Wildman–Crippen LogP) is 3.84. The third-order valence-electron chi connectivity index (χ3n) is 5.19. The first kappa shape index (κ1) is 28.8. The number of esters is 1. The average Bonchev–Trinajstić information content (AvgIpc) is 2.82. The zero-order chi connectivity index (χ0) is 24.3. The second-order valence-corrected chi connectivity index (χ2v) is 9.20. The molecule has 0 spiro atoms. The van der Waals surface area contributed by atoms with E-state index >= 15 is 0 Å². The maximum absolute atomic E-state index is 11.6. The van der Waals surface area contributed by atoms with Crippen LogP contribution in [-0.2, 0) is 20.7 Å². The van der Waals surface area contributed by atoms with Crippen molar-refractivity contribution < 1.29 is 14.3 Å². The molecule has 0 saturated carbocycles. The molecule has 0 aromatic heterocycles. The Hall–Kier alpha value is -2.25. The molecule has 0 radical (unpaired) electrons. The van der Waals surface area contributed by atoms with Gasteiger partial charge in [-0.15, -0.1) is 0 Å². The summed E-state index contributed by atoms with van der Waals surface area (Å²) in [5, 5.41) is 2.82. The van der Waals surface area contributed by atoms with Crippen molar-refractivity contribution in [2.75, 3.05) is 37.7 Å². The van der Waals surface area contributed by atoms with Crippen LogP contribution in [-0.4, -0.2) is 61.1 Å². The van der Waals surface area contributed by atoms with Crippen LogP contribution in [0.15, 0.2) is 48.7 Å². The summed E-state index contributed by atoms with van der Waals surface area (Å²) in [5.74, 6) is 1.59. The molecule has 1 unspecified atom stereocenters. The van der Waals surface area contributed by atoms with Crippen LogP contribution >= 0.6 is 11.8 Å². The Morgan fingerprint density at radius 1 is 1.33 bits per heavy atom. The van der Waals surface area contributed by atoms with Gasteiger partial charge in [0.15, 0.2) is 0 Å². The second kappa shape index (κ2) is 18.2. The van der Waals surface area contributed by atoms with Gasteiger partial charge in [-0.2, -0.15) is 11.8 Å². The highest BCUT2D eigenvalue weighted by molar-refractivity contribution is 7.99. The van der Waals surface area contributed by atoms with Crippen molar-refractivity contribution >= 4 is 24.1 Å². The summed E-state index contributed by atoms with van der Waals surface area (Å²) in [7, 11) is 0. The van der Waals surface area contributed by atoms with Crippen molar-refractivity contribution in [3.63, 3.8) is 0 Å². The highest BCUT2D eigenvalue weighted by atomic mass is 32.2. The molecule has 0 fully saturated rings. The molecule has 7 heteroatoms. The lowest BCUT2D eigenvalue weighted by Gasteiger charge is -2.24. The normalized spacial score (nSPS) is 11.8. The fraction of sp³-hybridized carbons (Fsp3) is 0.538. The van der Waals surface area contributed by atoms with Crippen molar-refractivity contribution in [1.29, 1.82) is 0 Å². The molecule has 1 atom stereocenters. The van der Waals surface area contributed by atoms with Gasteiger partial charge >= 0.3 is 5.97 Å². The molecule has 0 heterocycles. The lowest BCUT2D eigenvalue weighted by molar-refractivity contribution is -0.142. The minimum absolute atomic E-state index is 0.102. The Morgan fingerprint density at radius 2 is 2.15 bits per heavy atom. The monoisotopic (exact) mass is 475 g/mol. The Morgan fingerprint density at radius 3 is 2.85 bits per heavy atom. The van der Waals surface area contributed by atoms with E-state index in [2.05, 4.69) is 62.2 Å². The first-order chi connectivity index (χ1) is 16.0. The molecule has 0 aliphatic carbocycles. The van der Waals surface area contributed by atoms with E-state index in [1.807, 2.05) is 16.7 Å². The zero-order valence-electron chi connectivity index (χ0n) is 20.3. The maximum Gasteiger partial charge on any atom is 0.325 e. The predicted molar refractivity (Wildman–Crippen MR) is 139 cm³/mol. The van der Waals surface area contributed by atoms with E-state index in [9.17, 15) is 9.59 Å². The van der Waals surface area contributed by atoms with Gasteiger partial charge in [0.2, 0.25) is 6.41 Å². The second-order valence-electron chi connectivity index (χ2n) is 7.98. The van der Waals surface area contributed by atoms with Crippen LogP contribution in [0.4, 0.5) is 0 Å². The number of ether oxygens (including phenoxy) is 1. The largest absolute Gasteiger partial charge is 0.464 e. The van der Waals surface area contributed by atoms with E-state index in [4.69, 9.17) is 10.5 Å². The number of nitrogens with one attached hydrogen (secondary N) is 1. The molecule has 33 heavy (non-hydrogen) atoms. The number of unbranched alkanes of at least 4 members (excludes halogenated alkanes) is 1. The zero-order valence-corrected chi connectivity index (χ0v) is 21.1. The highest BCUT2D eigenvalue weighted by Gasteiger charge is 2.11. The number of carbonyl (C=O) groups is 2. The van der Waals surface area contributed by atoms with Crippen LogP contribution in [0.2, 0.25) is 0 Å². The maximum atomic E-state index is 11.6. The summed E-state index contributed by atoms with van der Waals surface area (Å²) in [6.07, 6.45) is 10.0. The van der Waals surface area contributed by atoms with Gasteiger partial charge in [-0.1, -0.05) is 55.5 Å². The SMILES string of the molecule is C=C(CN)NCC(=O)OCCCCSCCN(C=O)C(/C=C/CCc1cccc(C)c1)CC. The van der Waals surface area contributed by atoms with E-state index in [0.29, 0.717) is 18.8 Å². The number of carbonyl (C=O) groups excluding carboxylic acids is 2. The van der Waals surface area contributed by atoms with Crippen LogP contribution in [0.5, 0.6) is 0 Å². The minimum Gasteiger partial charge on any atom is -0.464 e. The summed E-state index contributed by atoms with van der Waals surface area (Å²) >= 11 is 1.82. The summed E-state index contributed by atoms with van der Waals surface area (Å²) in [6, 6.07) is 8.74. The van der Waals surface area contributed by atoms with E-state index < -0.39 is 0 Å². The van der Waals surface area contributed by atoms with Crippen molar-refractivity contribution in [2.24, 2.45) is 5.73 Å². The quantitative estimate of drug-likeness (QED) is 0.137. The highest BCUT2D eigenvalue weighted by Crippen LogP contribution is 2.11. The summed E-state index contributed by atoms with van der Waals surface area (Å²) in [5.41, 5.74) is 8.66. The van der Waals surface area contributed by atoms with Gasteiger partial charge < -0.3 is 20.7 Å². The smallest absolute Gasteiger partial charge is 0.325 e. The topological polar surface area (TPSA) is 84.7 Å². The van der Waals surface area contributed by atoms with E-state index in [0.717, 1.165) is 56.6 Å². The van der Waals surface area contributed by atoms with E-state index in [1.165, 1.54) is 11.1 Å². The summed E-state index contributed by atoms with van der Waals surface area (Å²) in [6.45, 7) is 9.46. The van der Waals surface area contributed by atoms with Gasteiger partial charge in [0, 0.05) is 30.6 Å². The summed E-state index contributed by atoms with van der Waals surface area (Å²) < 4.78 is 5.17. The average molecular weight is 476 g/mol. The molecule has 1 aromatic rings. The number of hydrogen-bond donors (Lipinski definition) is 2. The molecule has 184 valence electrons. The molecule has 3 N–H and O–H groups in total. The Balaban J connectivity index is 2.16. The Kier molecular flexibility index (Phi) is 15.9. The van der Waals surface area contributed by atoms with Crippen LogP contribution in [0.3, 0.4) is 0 Å². The van der Waals surface area contributed by atoms with Crippen molar-refractivity contribution in [1.82, 2.24) is 10.2 Å². The Bertz CT molecular complexity index is 739. The van der Waals surface area contributed by atoms with Crippen LogP contribution in [0.1, 0.15) is 43.7 Å². The molecular formula is C26H41N3O3S. The summed E-state index contributed by atoms with van der Waals surface area (Å²) in [4.78, 5) is 25.0. The van der Waals surface area contributed by atoms with Gasteiger partial charge in [-0.25, -0.2) is 0 Å². The molecule has 1 aromatic carbocycles. The molecule has 1 rings (SSSR count). The molecule has 6 nitrogen and oxygen atoms in total. The molecule has 0 aliphatic heterocycles. The minimum atomic E-state index is -0.295. The lowest BCUT2D eigenvalue weighted by atomic mass is 10.1. The number of allylic oxidation sites excluding steroid dienone is 1. The van der Waals surface area contributed by atoms with Gasteiger partial charge in [0.1, 0.15) is 6.54 Å². The molecule has 0 aliphatic rings. The third kappa shape index (κ3) is 13.8. The number of nitrogens with two attached hydrogens (primary N) is 1. The first-order valence-corrected chi connectivity index (χ1v) is 12.9. The van der Waals surface area contributed by atoms with Crippen molar-refractivity contribution in [3.05, 3.63) is 59.8 Å². The number of aryl methyl sites for hydroxylation is 2. The number of thioether (sulfide) groups is 1. The number of amides is 1. The lowest BCUT2D eigenvalue weighted by Crippen LogP contribution is -2.34. The fourth-order valence-electron chi connectivity index (χ4n) is 3.23. The van der Waals surface area contributed by atoms with Crippen LogP contribution in [0.25, 0.3) is 0 Å². The van der Waals surface area contributed by atoms with Gasteiger partial charge in [0.05, 0.1) is 6.61 Å². The molecular weight excluding hydrogens is 434 g/mol. The molecule has 0 saturated heterocycles. The van der Waals surface area contributed by atoms with Crippen molar-refractivity contribution in [2.45, 2.75) is 52.0 Å². The number of nitrogens with zero attached hydrogens (tertiary/aromatic N) is 1.